The summed E-state index contributed by atoms with van der Waals surface area (Å²) in [6.45, 7) is 4.29. The van der Waals surface area contributed by atoms with Crippen LogP contribution in [-0.2, 0) is 0 Å². The number of hydrogen-bond acceptors (Lipinski definition) is 4. The number of nitrogens with zero attached hydrogens (tertiary/aromatic N) is 2. The van der Waals surface area contributed by atoms with Crippen molar-refractivity contribution < 1.29 is 0 Å². The molecular weight excluding hydrogens is 242 g/mol. The first-order valence-electron chi connectivity index (χ1n) is 5.23. The lowest BCUT2D eigenvalue weighted by atomic mass is 10.1. The highest BCUT2D eigenvalue weighted by atomic mass is 35.5. The summed E-state index contributed by atoms with van der Waals surface area (Å²) in [6.07, 6.45) is 1.59. The molecule has 5 heteroatoms. The van der Waals surface area contributed by atoms with E-state index < -0.39 is 0 Å². The van der Waals surface area contributed by atoms with Crippen molar-refractivity contribution >= 4 is 39.0 Å². The third-order valence-corrected chi connectivity index (χ3v) is 3.78. The lowest BCUT2D eigenvalue weighted by molar-refractivity contribution is 0.563. The van der Waals surface area contributed by atoms with Gasteiger partial charge in [0, 0.05) is 11.9 Å². The molecular formula is C11H14ClN3S. The number of halogens is 1. The molecule has 2 rings (SSSR count). The second-order valence-corrected chi connectivity index (χ2v) is 5.23. The maximum absolute atomic E-state index is 5.94. The molecule has 16 heavy (non-hydrogen) atoms. The van der Waals surface area contributed by atoms with E-state index >= 15 is 0 Å². The Kier molecular flexibility index (Phi) is 3.61. The van der Waals surface area contributed by atoms with E-state index in [2.05, 4.69) is 29.1 Å². The fourth-order valence-corrected chi connectivity index (χ4v) is 2.68. The molecule has 0 aliphatic carbocycles. The Labute approximate surface area is 104 Å². The van der Waals surface area contributed by atoms with Crippen molar-refractivity contribution in [3.63, 3.8) is 0 Å². The van der Waals surface area contributed by atoms with Crippen molar-refractivity contribution in [2.24, 2.45) is 5.92 Å². The van der Waals surface area contributed by atoms with Gasteiger partial charge < -0.3 is 5.32 Å². The molecule has 2 aromatic heterocycles. The average molecular weight is 256 g/mol. The average Bonchev–Trinajstić information content (AvgIpc) is 2.73. The first-order valence-corrected chi connectivity index (χ1v) is 6.64. The molecule has 2 aromatic rings. The summed E-state index contributed by atoms with van der Waals surface area (Å²) in [4.78, 5) is 8.48. The zero-order chi connectivity index (χ0) is 11.5. The Morgan fingerprint density at radius 3 is 2.94 bits per heavy atom. The van der Waals surface area contributed by atoms with Crippen LogP contribution in [0.15, 0.2) is 17.8 Å². The molecule has 0 saturated carbocycles. The largest absolute Gasteiger partial charge is 0.365 e. The van der Waals surface area contributed by atoms with Crippen LogP contribution in [0, 0.1) is 5.92 Å². The molecule has 1 N–H and O–H groups in total. The molecule has 0 aliphatic rings. The topological polar surface area (TPSA) is 37.8 Å². The lowest BCUT2D eigenvalue weighted by Crippen LogP contribution is -2.27. The van der Waals surface area contributed by atoms with Gasteiger partial charge >= 0.3 is 0 Å². The second kappa shape index (κ2) is 4.97. The molecule has 0 aromatic carbocycles. The number of alkyl halides is 1. The van der Waals surface area contributed by atoms with Crippen LogP contribution in [0.2, 0.25) is 0 Å². The van der Waals surface area contributed by atoms with Crippen LogP contribution >= 0.6 is 22.9 Å². The van der Waals surface area contributed by atoms with Crippen LogP contribution in [0.4, 0.5) is 5.82 Å². The number of hydrogen-bond donors (Lipinski definition) is 1. The van der Waals surface area contributed by atoms with Gasteiger partial charge in [-0.05, 0) is 17.4 Å². The standard InChI is InChI=1S/C11H14ClN3S/c1-7(2)9(5-12)15-11-10-8(3-4-16-10)13-6-14-11/h3-4,6-7,9H,5H2,1-2H3,(H,13,14,15). The fourth-order valence-electron chi connectivity index (χ4n) is 1.45. The van der Waals surface area contributed by atoms with Gasteiger partial charge in [-0.1, -0.05) is 13.8 Å². The third kappa shape index (κ3) is 2.28. The van der Waals surface area contributed by atoms with E-state index in [1.165, 1.54) is 0 Å². The van der Waals surface area contributed by atoms with Gasteiger partial charge in [0.2, 0.25) is 0 Å². The maximum atomic E-state index is 5.94. The zero-order valence-corrected chi connectivity index (χ0v) is 10.8. The molecule has 0 amide bonds. The van der Waals surface area contributed by atoms with Crippen molar-refractivity contribution in [3.8, 4) is 0 Å². The summed E-state index contributed by atoms with van der Waals surface area (Å²) in [7, 11) is 0. The predicted octanol–water partition coefficient (Wildman–Crippen LogP) is 3.37. The van der Waals surface area contributed by atoms with E-state index in [0.29, 0.717) is 11.8 Å². The number of thiophene rings is 1. The third-order valence-electron chi connectivity index (χ3n) is 2.54. The number of nitrogens with one attached hydrogen (secondary N) is 1. The summed E-state index contributed by atoms with van der Waals surface area (Å²) >= 11 is 7.58. The SMILES string of the molecule is CC(C)C(CCl)Nc1ncnc2ccsc12. The molecule has 0 aliphatic heterocycles. The van der Waals surface area contributed by atoms with E-state index in [1.807, 2.05) is 11.4 Å². The van der Waals surface area contributed by atoms with E-state index in [9.17, 15) is 0 Å². The molecule has 86 valence electrons. The van der Waals surface area contributed by atoms with Crippen LogP contribution in [0.1, 0.15) is 13.8 Å². The molecule has 3 nitrogen and oxygen atoms in total. The molecule has 0 fully saturated rings. The van der Waals surface area contributed by atoms with Gasteiger partial charge in [-0.15, -0.1) is 22.9 Å². The van der Waals surface area contributed by atoms with E-state index in [1.54, 1.807) is 17.7 Å². The van der Waals surface area contributed by atoms with Crippen LogP contribution in [0.25, 0.3) is 10.2 Å². The molecule has 2 heterocycles. The second-order valence-electron chi connectivity index (χ2n) is 4.01. The number of rotatable bonds is 4. The van der Waals surface area contributed by atoms with Crippen LogP contribution < -0.4 is 5.32 Å². The van der Waals surface area contributed by atoms with Crippen molar-refractivity contribution in [2.75, 3.05) is 11.2 Å². The molecule has 0 saturated heterocycles. The van der Waals surface area contributed by atoms with Crippen molar-refractivity contribution in [1.82, 2.24) is 9.97 Å². The predicted molar refractivity (Wildman–Crippen MR) is 70.4 cm³/mol. The van der Waals surface area contributed by atoms with Gasteiger partial charge in [0.1, 0.15) is 12.1 Å². The van der Waals surface area contributed by atoms with Gasteiger partial charge in [0.05, 0.1) is 10.2 Å². The summed E-state index contributed by atoms with van der Waals surface area (Å²) in [5, 5.41) is 5.41. The van der Waals surface area contributed by atoms with Gasteiger partial charge in [0.15, 0.2) is 0 Å². The van der Waals surface area contributed by atoms with Crippen LogP contribution in [-0.4, -0.2) is 21.9 Å². The molecule has 0 spiro atoms. The maximum Gasteiger partial charge on any atom is 0.147 e. The van der Waals surface area contributed by atoms with Crippen molar-refractivity contribution in [2.45, 2.75) is 19.9 Å². The Morgan fingerprint density at radius 1 is 1.44 bits per heavy atom. The Hall–Kier alpha value is -0.870. The highest BCUT2D eigenvalue weighted by Crippen LogP contribution is 2.26. The number of fused-ring (bicyclic) bond motifs is 1. The smallest absolute Gasteiger partial charge is 0.147 e. The van der Waals surface area contributed by atoms with Gasteiger partial charge in [0.25, 0.3) is 0 Å². The Balaban J connectivity index is 2.29. The minimum absolute atomic E-state index is 0.238. The van der Waals surface area contributed by atoms with Gasteiger partial charge in [-0.25, -0.2) is 9.97 Å². The van der Waals surface area contributed by atoms with E-state index in [4.69, 9.17) is 11.6 Å². The monoisotopic (exact) mass is 255 g/mol. The van der Waals surface area contributed by atoms with Gasteiger partial charge in [-0.3, -0.25) is 0 Å². The summed E-state index contributed by atoms with van der Waals surface area (Å²) in [6, 6.07) is 2.24. The minimum atomic E-state index is 0.238. The first-order chi connectivity index (χ1) is 7.72. The van der Waals surface area contributed by atoms with Crippen LogP contribution in [0.3, 0.4) is 0 Å². The molecule has 0 radical (unpaired) electrons. The Bertz CT molecular complexity index is 469. The van der Waals surface area contributed by atoms with E-state index in [0.717, 1.165) is 16.0 Å². The summed E-state index contributed by atoms with van der Waals surface area (Å²) in [5.41, 5.74) is 0.986. The van der Waals surface area contributed by atoms with Gasteiger partial charge in [-0.2, -0.15) is 0 Å². The van der Waals surface area contributed by atoms with Crippen molar-refractivity contribution in [3.05, 3.63) is 17.8 Å². The molecule has 1 unspecified atom stereocenters. The summed E-state index contributed by atoms with van der Waals surface area (Å²) < 4.78 is 1.10. The number of aromatic nitrogens is 2. The highest BCUT2D eigenvalue weighted by molar-refractivity contribution is 7.17. The van der Waals surface area contributed by atoms with Crippen LogP contribution in [0.5, 0.6) is 0 Å². The summed E-state index contributed by atoms with van der Waals surface area (Å²) in [5.74, 6) is 1.94. The highest BCUT2D eigenvalue weighted by Gasteiger charge is 2.14. The quantitative estimate of drug-likeness (QED) is 0.852. The molecule has 1 atom stereocenters. The Morgan fingerprint density at radius 2 is 2.25 bits per heavy atom. The number of anilines is 1. The van der Waals surface area contributed by atoms with Crippen molar-refractivity contribution in [1.29, 1.82) is 0 Å². The minimum Gasteiger partial charge on any atom is -0.365 e. The normalized spacial score (nSPS) is 13.2. The van der Waals surface area contributed by atoms with E-state index in [-0.39, 0.29) is 6.04 Å². The zero-order valence-electron chi connectivity index (χ0n) is 9.27. The first kappa shape index (κ1) is 11.6. The molecule has 0 bridgehead atoms. The lowest BCUT2D eigenvalue weighted by Gasteiger charge is -2.20. The fraction of sp³-hybridized carbons (Fsp3) is 0.455.